The number of aryl methyl sites for hydroxylation is 2. The first kappa shape index (κ1) is 14.3. The van der Waals surface area contributed by atoms with Crippen molar-refractivity contribution in [3.05, 3.63) is 101 Å². The highest BCUT2D eigenvalue weighted by molar-refractivity contribution is 6.15. The second-order valence-electron chi connectivity index (χ2n) is 7.62. The predicted molar refractivity (Wildman–Crippen MR) is 111 cm³/mol. The van der Waals surface area contributed by atoms with Gasteiger partial charge in [-0.2, -0.15) is 0 Å². The van der Waals surface area contributed by atoms with E-state index in [-0.39, 0.29) is 0 Å². The minimum absolute atomic E-state index is 1.21. The first-order chi connectivity index (χ1) is 12.9. The molecule has 6 rings (SSSR count). The largest absolute Gasteiger partial charge is 0.0616 e. The van der Waals surface area contributed by atoms with E-state index in [2.05, 4.69) is 72.8 Å². The van der Waals surface area contributed by atoms with Crippen molar-refractivity contribution < 1.29 is 0 Å². The molecule has 0 fully saturated rings. The molecule has 0 nitrogen and oxygen atoms in total. The monoisotopic (exact) mass is 332 g/mol. The summed E-state index contributed by atoms with van der Waals surface area (Å²) in [6.07, 6.45) is 16.3. The first-order valence-corrected chi connectivity index (χ1v) is 9.68. The van der Waals surface area contributed by atoms with Gasteiger partial charge in [0.25, 0.3) is 0 Å². The van der Waals surface area contributed by atoms with Crippen LogP contribution in [-0.4, -0.2) is 0 Å². The van der Waals surface area contributed by atoms with E-state index < -0.39 is 0 Å². The molecule has 124 valence electrons. The van der Waals surface area contributed by atoms with Crippen LogP contribution in [0.1, 0.15) is 29.5 Å². The van der Waals surface area contributed by atoms with E-state index >= 15 is 0 Å². The maximum Gasteiger partial charge on any atom is -0.00639 e. The molecule has 3 aliphatic rings. The Morgan fingerprint density at radius 3 is 2.65 bits per heavy atom. The fourth-order valence-corrected chi connectivity index (χ4v) is 4.99. The van der Waals surface area contributed by atoms with Gasteiger partial charge in [-0.05, 0) is 86.7 Å². The van der Waals surface area contributed by atoms with Gasteiger partial charge in [0.2, 0.25) is 0 Å². The van der Waals surface area contributed by atoms with Gasteiger partial charge in [0.15, 0.2) is 0 Å². The zero-order valence-electron chi connectivity index (χ0n) is 14.8. The summed E-state index contributed by atoms with van der Waals surface area (Å²) in [6.45, 7) is 0. The maximum absolute atomic E-state index is 2.42. The van der Waals surface area contributed by atoms with E-state index in [1.165, 1.54) is 69.5 Å². The Balaban J connectivity index is 1.74. The summed E-state index contributed by atoms with van der Waals surface area (Å²) in [5.41, 5.74) is 8.69. The number of rotatable bonds is 1. The van der Waals surface area contributed by atoms with Crippen molar-refractivity contribution in [2.45, 2.75) is 25.7 Å². The van der Waals surface area contributed by atoms with Crippen molar-refractivity contribution in [2.75, 3.05) is 0 Å². The highest BCUT2D eigenvalue weighted by Gasteiger charge is 2.23. The zero-order chi connectivity index (χ0) is 17.1. The Morgan fingerprint density at radius 1 is 0.731 bits per heavy atom. The Kier molecular flexibility index (Phi) is 2.93. The average molecular weight is 332 g/mol. The lowest BCUT2D eigenvalue weighted by Gasteiger charge is -2.22. The number of hydrogen-bond donors (Lipinski definition) is 0. The van der Waals surface area contributed by atoms with Crippen molar-refractivity contribution in [3.8, 4) is 0 Å². The van der Waals surface area contributed by atoms with Crippen molar-refractivity contribution in [2.24, 2.45) is 0 Å². The molecule has 0 N–H and O–H groups in total. The molecule has 3 aromatic rings. The summed E-state index contributed by atoms with van der Waals surface area (Å²) in [5.74, 6) is 0. The van der Waals surface area contributed by atoms with Crippen LogP contribution in [0.15, 0.2) is 84.0 Å². The summed E-state index contributed by atoms with van der Waals surface area (Å²) >= 11 is 0. The van der Waals surface area contributed by atoms with Gasteiger partial charge in [-0.3, -0.25) is 0 Å². The minimum atomic E-state index is 1.21. The maximum atomic E-state index is 2.42. The summed E-state index contributed by atoms with van der Waals surface area (Å²) in [4.78, 5) is 0. The molecule has 0 unspecified atom stereocenters. The van der Waals surface area contributed by atoms with Crippen LogP contribution in [0, 0.1) is 0 Å². The van der Waals surface area contributed by atoms with E-state index in [1.807, 2.05) is 0 Å². The van der Waals surface area contributed by atoms with Crippen LogP contribution in [-0.2, 0) is 12.8 Å². The normalized spacial score (nSPS) is 17.9. The standard InChI is InChI=1S/C26H20/c1-4-10-22-18(6-1)13-15-24-21-9-3-2-7-19(21)16-25(26(22)24)23-14-12-17-8-5-11-20(17)23/h2-3,5,7-9,11-16H,1,4,6,10H2. The molecule has 26 heavy (non-hydrogen) atoms. The van der Waals surface area contributed by atoms with Gasteiger partial charge < -0.3 is 0 Å². The highest BCUT2D eigenvalue weighted by Crippen LogP contribution is 2.44. The van der Waals surface area contributed by atoms with Gasteiger partial charge in [-0.15, -0.1) is 0 Å². The Labute approximate surface area is 153 Å². The van der Waals surface area contributed by atoms with Gasteiger partial charge in [-0.25, -0.2) is 0 Å². The van der Waals surface area contributed by atoms with Crippen molar-refractivity contribution in [3.63, 3.8) is 0 Å². The van der Waals surface area contributed by atoms with Crippen molar-refractivity contribution in [1.82, 2.24) is 0 Å². The third kappa shape index (κ3) is 1.90. The van der Waals surface area contributed by atoms with E-state index in [0.717, 1.165) is 0 Å². The summed E-state index contributed by atoms with van der Waals surface area (Å²) in [5, 5.41) is 5.63. The summed E-state index contributed by atoms with van der Waals surface area (Å²) < 4.78 is 0. The van der Waals surface area contributed by atoms with Crippen LogP contribution in [0.2, 0.25) is 0 Å². The summed E-state index contributed by atoms with van der Waals surface area (Å²) in [6, 6.07) is 16.0. The van der Waals surface area contributed by atoms with Crippen LogP contribution < -0.4 is 0 Å². The molecule has 0 saturated carbocycles. The molecule has 0 heteroatoms. The van der Waals surface area contributed by atoms with Crippen LogP contribution in [0.25, 0.3) is 27.1 Å². The topological polar surface area (TPSA) is 0 Å². The fourth-order valence-electron chi connectivity index (χ4n) is 4.99. The molecule has 0 spiro atoms. The Bertz CT molecular complexity index is 1210. The third-order valence-electron chi connectivity index (χ3n) is 6.21. The smallest absolute Gasteiger partial charge is 0.00639 e. The first-order valence-electron chi connectivity index (χ1n) is 9.68. The quantitative estimate of drug-likeness (QED) is 0.435. The second-order valence-corrected chi connectivity index (χ2v) is 7.62. The van der Waals surface area contributed by atoms with Gasteiger partial charge in [0.1, 0.15) is 0 Å². The molecule has 0 amide bonds. The van der Waals surface area contributed by atoms with Gasteiger partial charge >= 0.3 is 0 Å². The number of benzene rings is 3. The van der Waals surface area contributed by atoms with Gasteiger partial charge in [0, 0.05) is 0 Å². The number of allylic oxidation sites excluding steroid dienone is 8. The SMILES string of the molecule is C1=CC2=CC=C(c3cc4ccccc4c4ccc5c(c34)CCCC5)C2=C1. The zero-order valence-corrected chi connectivity index (χ0v) is 14.8. The lowest BCUT2D eigenvalue weighted by Crippen LogP contribution is -2.05. The molecular formula is C26H20. The van der Waals surface area contributed by atoms with E-state index in [4.69, 9.17) is 0 Å². The predicted octanol–water partition coefficient (Wildman–Crippen LogP) is 6.69. The molecule has 0 bridgehead atoms. The molecule has 0 aliphatic heterocycles. The molecule has 0 aromatic heterocycles. The Morgan fingerprint density at radius 2 is 1.65 bits per heavy atom. The molecule has 0 heterocycles. The lowest BCUT2D eigenvalue weighted by molar-refractivity contribution is 0.690. The van der Waals surface area contributed by atoms with E-state index in [0.29, 0.717) is 0 Å². The van der Waals surface area contributed by atoms with Crippen LogP contribution in [0.5, 0.6) is 0 Å². The average Bonchev–Trinajstić information content (AvgIpc) is 3.31. The summed E-state index contributed by atoms with van der Waals surface area (Å²) in [7, 11) is 0. The van der Waals surface area contributed by atoms with Crippen LogP contribution in [0.4, 0.5) is 0 Å². The number of fused-ring (bicyclic) bond motifs is 6. The Hall–Kier alpha value is -2.86. The van der Waals surface area contributed by atoms with Crippen molar-refractivity contribution >= 4 is 27.1 Å². The molecule has 0 radical (unpaired) electrons. The molecular weight excluding hydrogens is 312 g/mol. The van der Waals surface area contributed by atoms with Crippen LogP contribution >= 0.6 is 0 Å². The lowest BCUT2D eigenvalue weighted by atomic mass is 9.82. The van der Waals surface area contributed by atoms with Crippen LogP contribution in [0.3, 0.4) is 0 Å². The van der Waals surface area contributed by atoms with Crippen molar-refractivity contribution in [1.29, 1.82) is 0 Å². The van der Waals surface area contributed by atoms with Gasteiger partial charge in [-0.1, -0.05) is 66.8 Å². The molecule has 0 saturated heterocycles. The number of hydrogen-bond acceptors (Lipinski definition) is 0. The third-order valence-corrected chi connectivity index (χ3v) is 6.21. The molecule has 0 atom stereocenters. The molecule has 3 aromatic carbocycles. The highest BCUT2D eigenvalue weighted by atomic mass is 14.3. The fraction of sp³-hybridized carbons (Fsp3) is 0.154. The second kappa shape index (κ2) is 5.32. The van der Waals surface area contributed by atoms with E-state index in [9.17, 15) is 0 Å². The van der Waals surface area contributed by atoms with E-state index in [1.54, 1.807) is 11.1 Å². The van der Waals surface area contributed by atoms with Gasteiger partial charge in [0.05, 0.1) is 0 Å². The minimum Gasteiger partial charge on any atom is -0.0616 e. The molecule has 3 aliphatic carbocycles.